The van der Waals surface area contributed by atoms with Gasteiger partial charge in [0, 0.05) is 37.0 Å². The molecule has 2 heterocycles. The van der Waals surface area contributed by atoms with Crippen molar-refractivity contribution in [3.8, 4) is 5.75 Å². The zero-order chi connectivity index (χ0) is 25.8. The van der Waals surface area contributed by atoms with Crippen LogP contribution in [0, 0.1) is 5.41 Å². The number of likely N-dealkylation sites (N-methyl/N-ethyl adjacent to an activating group) is 1. The first-order valence-electron chi connectivity index (χ1n) is 11.1. The summed E-state index contributed by atoms with van der Waals surface area (Å²) in [5, 5.41) is 5.20. The molecule has 1 aliphatic rings. The number of methoxy groups -OCH3 is 1. The lowest BCUT2D eigenvalue weighted by Crippen LogP contribution is -2.28. The summed E-state index contributed by atoms with van der Waals surface area (Å²) in [7, 11) is 0.925. The Bertz CT molecular complexity index is 1150. The lowest BCUT2D eigenvalue weighted by molar-refractivity contribution is -0.121. The van der Waals surface area contributed by atoms with Crippen molar-refractivity contribution in [2.45, 2.75) is 33.7 Å². The number of aromatic nitrogens is 2. The van der Waals surface area contributed by atoms with E-state index in [-0.39, 0.29) is 42.4 Å². The Balaban J connectivity index is 1.86. The number of Topliss-reactive ketones (excluding diaryl/α,β-unsaturated/α-hetero) is 2. The molecule has 0 fully saturated rings. The Morgan fingerprint density at radius 2 is 1.91 bits per heavy atom. The minimum Gasteiger partial charge on any atom is -0.497 e. The van der Waals surface area contributed by atoms with E-state index in [1.54, 1.807) is 54.1 Å². The zero-order valence-corrected chi connectivity index (χ0v) is 21.5. The number of ether oxygens (including phenoxy) is 2. The molecule has 0 unspecified atom stereocenters. The van der Waals surface area contributed by atoms with Gasteiger partial charge in [-0.2, -0.15) is 5.10 Å². The number of allylic oxidation sites excluding steroid dienone is 2. The van der Waals surface area contributed by atoms with Gasteiger partial charge in [0.2, 0.25) is 5.78 Å². The first kappa shape index (κ1) is 26.8. The summed E-state index contributed by atoms with van der Waals surface area (Å²) in [6, 6.07) is 5.33. The monoisotopic (exact) mass is 505 g/mol. The average Bonchev–Trinajstić information content (AvgIpc) is 3.12. The van der Waals surface area contributed by atoms with E-state index in [1.807, 2.05) is 20.8 Å². The van der Waals surface area contributed by atoms with Crippen LogP contribution in [0.4, 0.5) is 0 Å². The molecule has 0 radical (unpaired) electrons. The number of carbonyl (C=O) groups is 2. The van der Waals surface area contributed by atoms with Crippen LogP contribution in [-0.2, 0) is 20.6 Å². The topological polar surface area (TPSA) is 123 Å². The maximum Gasteiger partial charge on any atom is 0.327 e. The number of fused-ring (bicyclic) bond motifs is 1. The SMILES string of the molecule is COc1ccc2c(C(=O)C3=CC=C(OCCOP(O)O)N(C)C3)nn(CC(=O)CC(C)(C)C)c2c1. The molecule has 2 N–H and O–H groups in total. The first-order valence-corrected chi connectivity index (χ1v) is 12.3. The van der Waals surface area contributed by atoms with Crippen molar-refractivity contribution in [1.29, 1.82) is 0 Å². The summed E-state index contributed by atoms with van der Waals surface area (Å²) in [5.74, 6) is 0.933. The van der Waals surface area contributed by atoms with Gasteiger partial charge in [-0.1, -0.05) is 20.8 Å². The van der Waals surface area contributed by atoms with E-state index in [0.717, 1.165) is 0 Å². The molecule has 11 heteroatoms. The van der Waals surface area contributed by atoms with Crippen LogP contribution in [0.3, 0.4) is 0 Å². The van der Waals surface area contributed by atoms with Crippen LogP contribution in [0.1, 0.15) is 37.7 Å². The van der Waals surface area contributed by atoms with Crippen LogP contribution >= 0.6 is 8.60 Å². The number of nitrogens with zero attached hydrogens (tertiary/aromatic N) is 3. The second kappa shape index (κ2) is 11.3. The molecule has 0 bridgehead atoms. The molecule has 0 amide bonds. The highest BCUT2D eigenvalue weighted by Gasteiger charge is 2.25. The van der Waals surface area contributed by atoms with E-state index < -0.39 is 8.60 Å². The smallest absolute Gasteiger partial charge is 0.327 e. The van der Waals surface area contributed by atoms with Crippen LogP contribution in [0.2, 0.25) is 0 Å². The largest absolute Gasteiger partial charge is 0.497 e. The molecule has 1 aliphatic heterocycles. The van der Waals surface area contributed by atoms with Crippen molar-refractivity contribution in [2.75, 3.05) is 33.9 Å². The number of ketones is 2. The Morgan fingerprint density at radius 3 is 2.54 bits per heavy atom. The van der Waals surface area contributed by atoms with E-state index in [1.165, 1.54) is 0 Å². The van der Waals surface area contributed by atoms with Gasteiger partial charge < -0.3 is 28.7 Å². The molecule has 0 atom stereocenters. The number of hydrogen-bond acceptors (Lipinski definition) is 9. The third-order valence-corrected chi connectivity index (χ3v) is 5.68. The molecule has 2 aromatic rings. The highest BCUT2D eigenvalue weighted by molar-refractivity contribution is 7.39. The fourth-order valence-electron chi connectivity index (χ4n) is 3.79. The van der Waals surface area contributed by atoms with E-state index in [9.17, 15) is 9.59 Å². The van der Waals surface area contributed by atoms with E-state index in [0.29, 0.717) is 41.1 Å². The molecule has 35 heavy (non-hydrogen) atoms. The van der Waals surface area contributed by atoms with Crippen LogP contribution in [0.15, 0.2) is 41.8 Å². The summed E-state index contributed by atoms with van der Waals surface area (Å²) in [4.78, 5) is 45.5. The first-order chi connectivity index (χ1) is 16.5. The molecule has 1 aromatic carbocycles. The van der Waals surface area contributed by atoms with Crippen molar-refractivity contribution in [3.63, 3.8) is 0 Å². The molecule has 0 saturated carbocycles. The van der Waals surface area contributed by atoms with Gasteiger partial charge in [-0.3, -0.25) is 14.3 Å². The molecule has 1 aromatic heterocycles. The van der Waals surface area contributed by atoms with Crippen molar-refractivity contribution < 1.29 is 33.4 Å². The quantitative estimate of drug-likeness (QED) is 0.269. The highest BCUT2D eigenvalue weighted by Crippen LogP contribution is 2.28. The molecule has 10 nitrogen and oxygen atoms in total. The molecule has 0 aliphatic carbocycles. The Kier molecular flexibility index (Phi) is 8.66. The van der Waals surface area contributed by atoms with Crippen LogP contribution < -0.4 is 4.74 Å². The standard InChI is InChI=1S/C24H32N3O7P/c1-24(2,3)13-17(28)15-27-20-12-18(32-5)7-8-19(20)22(25-27)23(29)16-6-9-21(26(4)14-16)33-10-11-34-35(30)31/h6-9,12,30-31H,10-11,13-15H2,1-5H3. The Morgan fingerprint density at radius 1 is 1.17 bits per heavy atom. The molecular weight excluding hydrogens is 473 g/mol. The van der Waals surface area contributed by atoms with E-state index in [2.05, 4.69) is 5.10 Å². The second-order valence-electron chi connectivity index (χ2n) is 9.48. The third kappa shape index (κ3) is 7.11. The van der Waals surface area contributed by atoms with Gasteiger partial charge in [0.1, 0.15) is 24.6 Å². The normalized spacial score (nSPS) is 14.2. The third-order valence-electron chi connectivity index (χ3n) is 5.27. The maximum atomic E-state index is 13.5. The lowest BCUT2D eigenvalue weighted by atomic mass is 9.90. The number of carbonyl (C=O) groups excluding carboxylic acids is 2. The molecular formula is C24H32N3O7P. The van der Waals surface area contributed by atoms with Crippen LogP contribution in [0.5, 0.6) is 5.75 Å². The molecule has 3 rings (SSSR count). The maximum absolute atomic E-state index is 13.5. The number of hydrogen-bond donors (Lipinski definition) is 2. The van der Waals surface area contributed by atoms with Gasteiger partial charge in [-0.15, -0.1) is 0 Å². The fraction of sp³-hybridized carbons (Fsp3) is 0.458. The molecule has 0 spiro atoms. The van der Waals surface area contributed by atoms with E-state index >= 15 is 0 Å². The Hall–Kier alpha value is -2.78. The van der Waals surface area contributed by atoms with E-state index in [4.69, 9.17) is 23.8 Å². The predicted octanol–water partition coefficient (Wildman–Crippen LogP) is 3.19. The minimum atomic E-state index is -2.42. The van der Waals surface area contributed by atoms with Gasteiger partial charge in [0.05, 0.1) is 19.2 Å². The summed E-state index contributed by atoms with van der Waals surface area (Å²) in [5.41, 5.74) is 1.31. The Labute approximate surface area is 205 Å². The van der Waals surface area contributed by atoms with Crippen molar-refractivity contribution in [3.05, 3.63) is 47.5 Å². The summed E-state index contributed by atoms with van der Waals surface area (Å²) in [6.07, 6.45) is 3.75. The number of rotatable bonds is 11. The van der Waals surface area contributed by atoms with Crippen molar-refractivity contribution in [2.24, 2.45) is 5.41 Å². The summed E-state index contributed by atoms with van der Waals surface area (Å²) >= 11 is 0. The minimum absolute atomic E-state index is 0.0280. The molecule has 0 saturated heterocycles. The lowest BCUT2D eigenvalue weighted by Gasteiger charge is -2.26. The highest BCUT2D eigenvalue weighted by atomic mass is 31.2. The summed E-state index contributed by atoms with van der Waals surface area (Å²) in [6.45, 7) is 6.54. The van der Waals surface area contributed by atoms with Crippen LogP contribution in [0.25, 0.3) is 10.9 Å². The number of benzene rings is 1. The van der Waals surface area contributed by atoms with Crippen LogP contribution in [-0.4, -0.2) is 69.9 Å². The van der Waals surface area contributed by atoms with Gasteiger partial charge in [-0.25, -0.2) is 0 Å². The predicted molar refractivity (Wildman–Crippen MR) is 132 cm³/mol. The second-order valence-corrected chi connectivity index (χ2v) is 10.2. The van der Waals surface area contributed by atoms with Gasteiger partial charge in [0.25, 0.3) is 0 Å². The fourth-order valence-corrected chi connectivity index (χ4v) is 4.03. The van der Waals surface area contributed by atoms with Crippen molar-refractivity contribution in [1.82, 2.24) is 14.7 Å². The van der Waals surface area contributed by atoms with Gasteiger partial charge in [-0.05, 0) is 29.7 Å². The van der Waals surface area contributed by atoms with Crippen molar-refractivity contribution >= 4 is 31.1 Å². The zero-order valence-electron chi connectivity index (χ0n) is 20.6. The average molecular weight is 506 g/mol. The van der Waals surface area contributed by atoms with Gasteiger partial charge >= 0.3 is 8.60 Å². The molecule has 190 valence electrons. The summed E-state index contributed by atoms with van der Waals surface area (Å²) < 4.78 is 17.2. The van der Waals surface area contributed by atoms with Gasteiger partial charge in [0.15, 0.2) is 11.7 Å².